The van der Waals surface area contributed by atoms with Gasteiger partial charge in [0.25, 0.3) is 0 Å². The first-order valence-electron chi connectivity index (χ1n) is 12.0. The summed E-state index contributed by atoms with van der Waals surface area (Å²) in [4.78, 5) is 22.3. The van der Waals surface area contributed by atoms with Gasteiger partial charge in [0.05, 0.1) is 20.9 Å². The molecular formula is C26H35N3O2S. The molecule has 0 radical (unpaired) electrons. The topological polar surface area (TPSA) is 45.7 Å². The zero-order valence-corrected chi connectivity index (χ0v) is 20.7. The maximum absolute atomic E-state index is 12.9. The number of benzene rings is 1. The minimum atomic E-state index is -0.509. The second-order valence-corrected chi connectivity index (χ2v) is 12.2. The molecule has 5 rings (SSSR count). The third-order valence-corrected chi connectivity index (χ3v) is 8.29. The number of rotatable bonds is 2. The molecule has 1 aliphatic carbocycles. The van der Waals surface area contributed by atoms with Crippen LogP contribution in [-0.4, -0.2) is 53.2 Å². The number of thiazole rings is 1. The molecule has 0 bridgehead atoms. The van der Waals surface area contributed by atoms with Crippen LogP contribution in [0, 0.1) is 17.8 Å². The van der Waals surface area contributed by atoms with Gasteiger partial charge in [0.15, 0.2) is 0 Å². The van der Waals surface area contributed by atoms with Crippen LogP contribution in [0.2, 0.25) is 0 Å². The van der Waals surface area contributed by atoms with Gasteiger partial charge in [0.1, 0.15) is 5.60 Å². The van der Waals surface area contributed by atoms with Gasteiger partial charge in [-0.15, -0.1) is 11.3 Å². The van der Waals surface area contributed by atoms with Gasteiger partial charge in [0.2, 0.25) is 0 Å². The average molecular weight is 454 g/mol. The molecule has 6 heteroatoms. The van der Waals surface area contributed by atoms with E-state index in [2.05, 4.69) is 43.1 Å². The van der Waals surface area contributed by atoms with E-state index in [1.165, 1.54) is 35.6 Å². The van der Waals surface area contributed by atoms with Crippen molar-refractivity contribution in [1.82, 2.24) is 14.8 Å². The van der Waals surface area contributed by atoms with Gasteiger partial charge in [0, 0.05) is 31.1 Å². The fourth-order valence-corrected chi connectivity index (χ4v) is 6.76. The first kappa shape index (κ1) is 21.9. The number of fused-ring (bicyclic) bond motifs is 2. The standard InChI is InChI=1S/C26H35N3O2S/c1-16-6-8-22(29(13-16)25(30)31-26(2,3)4)17-7-9-23-21(12-17)27-24(32-23)18-10-19-14-28(5)15-20(19)11-18/h7-9,12,16,18-20H,6,10-11,13-15H2,1-5H3/t16-,18?,19-,20+/m0/s1. The SMILES string of the molecule is C[C@H]1CC=C(c2ccc3sc(C4C[C@@H]5CN(C)C[C@@H]5C4)nc3c2)N(C(=O)OC(C)(C)C)C1. The largest absolute Gasteiger partial charge is 0.443 e. The highest BCUT2D eigenvalue weighted by Crippen LogP contribution is 2.47. The highest BCUT2D eigenvalue weighted by molar-refractivity contribution is 7.18. The Hall–Kier alpha value is -1.92. The number of amides is 1. The number of hydrogen-bond donors (Lipinski definition) is 0. The quantitative estimate of drug-likeness (QED) is 0.562. The lowest BCUT2D eigenvalue weighted by molar-refractivity contribution is 0.0327. The van der Waals surface area contributed by atoms with Crippen molar-refractivity contribution in [1.29, 1.82) is 0 Å². The van der Waals surface area contributed by atoms with Crippen molar-refractivity contribution < 1.29 is 9.53 Å². The lowest BCUT2D eigenvalue weighted by Gasteiger charge is -2.33. The Morgan fingerprint density at radius 3 is 2.56 bits per heavy atom. The number of hydrogen-bond acceptors (Lipinski definition) is 5. The molecule has 1 aromatic carbocycles. The molecular weight excluding hydrogens is 418 g/mol. The predicted molar refractivity (Wildman–Crippen MR) is 131 cm³/mol. The number of aromatic nitrogens is 1. The van der Waals surface area contributed by atoms with Gasteiger partial charge in [-0.1, -0.05) is 19.1 Å². The van der Waals surface area contributed by atoms with E-state index in [4.69, 9.17) is 9.72 Å². The van der Waals surface area contributed by atoms with Gasteiger partial charge < -0.3 is 9.64 Å². The van der Waals surface area contributed by atoms with Crippen molar-refractivity contribution in [3.05, 3.63) is 34.8 Å². The van der Waals surface area contributed by atoms with Crippen LogP contribution in [0.5, 0.6) is 0 Å². The van der Waals surface area contributed by atoms with Crippen molar-refractivity contribution >= 4 is 33.3 Å². The summed E-state index contributed by atoms with van der Waals surface area (Å²) in [6.07, 6.45) is 5.43. The summed E-state index contributed by atoms with van der Waals surface area (Å²) in [6, 6.07) is 6.49. The molecule has 5 nitrogen and oxygen atoms in total. The summed E-state index contributed by atoms with van der Waals surface area (Å²) in [5.74, 6) is 2.70. The first-order valence-corrected chi connectivity index (χ1v) is 12.8. The molecule has 1 aromatic heterocycles. The zero-order valence-electron chi connectivity index (χ0n) is 19.9. The maximum atomic E-state index is 12.9. The van der Waals surface area contributed by atoms with Gasteiger partial charge >= 0.3 is 6.09 Å². The summed E-state index contributed by atoms with van der Waals surface area (Å²) in [5, 5.41) is 1.30. The molecule has 2 aliphatic heterocycles. The normalized spacial score (nSPS) is 28.8. The van der Waals surface area contributed by atoms with Crippen molar-refractivity contribution in [3.8, 4) is 0 Å². The highest BCUT2D eigenvalue weighted by atomic mass is 32.1. The Kier molecular flexibility index (Phi) is 5.57. The lowest BCUT2D eigenvalue weighted by Crippen LogP contribution is -2.39. The number of nitrogens with zero attached hydrogens (tertiary/aromatic N) is 3. The molecule has 172 valence electrons. The Bertz CT molecular complexity index is 1040. The van der Waals surface area contributed by atoms with E-state index < -0.39 is 5.60 Å². The summed E-state index contributed by atoms with van der Waals surface area (Å²) in [6.45, 7) is 11.1. The second kappa shape index (κ2) is 8.14. The molecule has 0 N–H and O–H groups in total. The number of carbonyl (C=O) groups is 1. The Morgan fingerprint density at radius 2 is 1.88 bits per heavy atom. The zero-order chi connectivity index (χ0) is 22.6. The fraction of sp³-hybridized carbons (Fsp3) is 0.615. The molecule has 1 amide bonds. The molecule has 3 aliphatic rings. The monoisotopic (exact) mass is 453 g/mol. The van der Waals surface area contributed by atoms with E-state index in [0.29, 0.717) is 18.4 Å². The Balaban J connectivity index is 1.40. The number of carbonyl (C=O) groups excluding carboxylic acids is 1. The summed E-state index contributed by atoms with van der Waals surface area (Å²) in [5.41, 5.74) is 2.55. The molecule has 3 heterocycles. The van der Waals surface area contributed by atoms with E-state index in [9.17, 15) is 4.79 Å². The van der Waals surface area contributed by atoms with Crippen molar-refractivity contribution in [2.24, 2.45) is 17.8 Å². The molecule has 32 heavy (non-hydrogen) atoms. The molecule has 1 saturated heterocycles. The average Bonchev–Trinajstić information content (AvgIpc) is 3.38. The smallest absolute Gasteiger partial charge is 0.414 e. The van der Waals surface area contributed by atoms with E-state index in [-0.39, 0.29) is 6.09 Å². The van der Waals surface area contributed by atoms with Gasteiger partial charge in [-0.25, -0.2) is 9.78 Å². The van der Waals surface area contributed by atoms with Crippen LogP contribution in [-0.2, 0) is 4.74 Å². The highest BCUT2D eigenvalue weighted by Gasteiger charge is 2.41. The van der Waals surface area contributed by atoms with Crippen molar-refractivity contribution in [2.45, 2.75) is 58.5 Å². The maximum Gasteiger partial charge on any atom is 0.414 e. The van der Waals surface area contributed by atoms with Crippen LogP contribution >= 0.6 is 11.3 Å². The van der Waals surface area contributed by atoms with E-state index in [0.717, 1.165) is 35.0 Å². The molecule has 2 aromatic rings. The third kappa shape index (κ3) is 4.32. The summed E-state index contributed by atoms with van der Waals surface area (Å²) in [7, 11) is 2.24. The van der Waals surface area contributed by atoms with Crippen LogP contribution in [0.4, 0.5) is 4.79 Å². The van der Waals surface area contributed by atoms with E-state index >= 15 is 0 Å². The summed E-state index contributed by atoms with van der Waals surface area (Å²) >= 11 is 1.86. The molecule has 2 fully saturated rings. The van der Waals surface area contributed by atoms with Crippen LogP contribution in [0.1, 0.15) is 63.4 Å². The minimum Gasteiger partial charge on any atom is -0.443 e. The first-order chi connectivity index (χ1) is 15.2. The van der Waals surface area contributed by atoms with E-state index in [1.54, 1.807) is 0 Å². The number of likely N-dealkylation sites (tertiary alicyclic amines) is 1. The van der Waals surface area contributed by atoms with Gasteiger partial charge in [-0.2, -0.15) is 0 Å². The molecule has 1 saturated carbocycles. The van der Waals surface area contributed by atoms with Gasteiger partial charge in [-0.3, -0.25) is 4.90 Å². The predicted octanol–water partition coefficient (Wildman–Crippen LogP) is 5.97. The van der Waals surface area contributed by atoms with Crippen LogP contribution in [0.25, 0.3) is 15.9 Å². The van der Waals surface area contributed by atoms with Crippen LogP contribution in [0.15, 0.2) is 24.3 Å². The molecule has 4 atom stereocenters. The van der Waals surface area contributed by atoms with Crippen LogP contribution in [0.3, 0.4) is 0 Å². The summed E-state index contributed by atoms with van der Waals surface area (Å²) < 4.78 is 6.95. The Morgan fingerprint density at radius 1 is 1.16 bits per heavy atom. The van der Waals surface area contributed by atoms with Crippen molar-refractivity contribution in [3.63, 3.8) is 0 Å². The Labute approximate surface area is 195 Å². The van der Waals surface area contributed by atoms with E-state index in [1.807, 2.05) is 37.0 Å². The lowest BCUT2D eigenvalue weighted by atomic mass is 9.98. The number of allylic oxidation sites excluding steroid dienone is 1. The fourth-order valence-electron chi connectivity index (χ4n) is 5.69. The minimum absolute atomic E-state index is 0.267. The van der Waals surface area contributed by atoms with Crippen molar-refractivity contribution in [2.75, 3.05) is 26.7 Å². The van der Waals surface area contributed by atoms with Gasteiger partial charge in [-0.05, 0) is 77.0 Å². The molecule has 0 spiro atoms. The third-order valence-electron chi connectivity index (χ3n) is 7.10. The second-order valence-electron chi connectivity index (χ2n) is 11.2. The van der Waals surface area contributed by atoms with Crippen LogP contribution < -0.4 is 0 Å². The number of ether oxygens (including phenoxy) is 1. The molecule has 1 unspecified atom stereocenters.